The van der Waals surface area contributed by atoms with Gasteiger partial charge in [0.15, 0.2) is 0 Å². The molecular formula is C3H8SV. The molecular weight excluding hydrogens is 119 g/mol. The molecule has 0 nitrogen and oxygen atoms in total. The summed E-state index contributed by atoms with van der Waals surface area (Å²) in [4.78, 5) is 0. The fraction of sp³-hybridized carbons (Fsp3) is 0.667. The van der Waals surface area contributed by atoms with Crippen LogP contribution in [0.25, 0.3) is 0 Å². The molecule has 0 unspecified atom stereocenters. The third-order valence-electron chi connectivity index (χ3n) is 0. The van der Waals surface area contributed by atoms with E-state index in [1.807, 2.05) is 0 Å². The van der Waals surface area contributed by atoms with Gasteiger partial charge < -0.3 is 20.1 Å². The van der Waals surface area contributed by atoms with Gasteiger partial charge in [-0.25, -0.2) is 0 Å². The second kappa shape index (κ2) is 20.4. The van der Waals surface area contributed by atoms with Crippen molar-refractivity contribution in [1.29, 1.82) is 0 Å². The zero-order valence-electron chi connectivity index (χ0n) is 4.27. The van der Waals surface area contributed by atoms with Crippen LogP contribution in [0.15, 0.2) is 0 Å². The van der Waals surface area contributed by atoms with Gasteiger partial charge in [0.05, 0.1) is 0 Å². The quantitative estimate of drug-likeness (QED) is 0.347. The molecule has 0 aliphatic carbocycles. The van der Waals surface area contributed by atoms with Gasteiger partial charge in [0, 0.05) is 1.37 Å². The number of hydrogen-bond acceptors (Lipinski definition) is 1. The van der Waals surface area contributed by atoms with Crippen molar-refractivity contribution >= 4 is 12.6 Å². The summed E-state index contributed by atoms with van der Waals surface area (Å²) in [6.07, 6.45) is 0. The number of hydrogen-bond donors (Lipinski definition) is 0. The van der Waals surface area contributed by atoms with Gasteiger partial charge in [0.1, 0.15) is 0 Å². The summed E-state index contributed by atoms with van der Waals surface area (Å²) < 4.78 is 6.35. The number of rotatable bonds is 0. The Morgan fingerprint density at radius 3 is 2.20 bits per heavy atom. The molecule has 0 spiro atoms. The summed E-state index contributed by atoms with van der Waals surface area (Å²) in [5.74, 6) is 0.569. The summed E-state index contributed by atoms with van der Waals surface area (Å²) in [5.41, 5.74) is 0. The normalized spacial score (nSPS) is 6.20. The average Bonchev–Trinajstić information content (AvgIpc) is 1.37. The van der Waals surface area contributed by atoms with E-state index in [0.29, 0.717) is 12.7 Å². The van der Waals surface area contributed by atoms with Crippen LogP contribution in [0.2, 0.25) is 0 Å². The van der Waals surface area contributed by atoms with E-state index in [0.717, 1.165) is 0 Å². The van der Waals surface area contributed by atoms with E-state index in [2.05, 4.69) is 12.6 Å². The molecule has 0 aromatic rings. The van der Waals surface area contributed by atoms with Crippen molar-refractivity contribution in [1.82, 2.24) is 0 Å². The van der Waals surface area contributed by atoms with Gasteiger partial charge in [-0.05, 0) is 0 Å². The van der Waals surface area contributed by atoms with Crippen molar-refractivity contribution in [2.75, 3.05) is 5.75 Å². The van der Waals surface area contributed by atoms with Gasteiger partial charge >= 0.3 is 18.6 Å². The van der Waals surface area contributed by atoms with E-state index in [1.165, 1.54) is 0 Å². The van der Waals surface area contributed by atoms with Crippen LogP contribution in [0.5, 0.6) is 0 Å². The van der Waals surface area contributed by atoms with Crippen LogP contribution in [-0.4, -0.2) is 5.75 Å². The zero-order chi connectivity index (χ0) is 3.41. The van der Waals surface area contributed by atoms with Gasteiger partial charge in [0.2, 0.25) is 0 Å². The largest absolute Gasteiger partial charge is 2.00 e. The molecule has 0 fully saturated rings. The Morgan fingerprint density at radius 1 is 2.00 bits per heavy atom. The molecule has 5 heavy (non-hydrogen) atoms. The van der Waals surface area contributed by atoms with E-state index < -0.39 is 0 Å². The zero-order valence-corrected chi connectivity index (χ0v) is 5.48. The van der Waals surface area contributed by atoms with Crippen LogP contribution in [0.3, 0.4) is 0 Å². The third-order valence-corrected chi connectivity index (χ3v) is 0. The standard InChI is InChI=1S/C2H6S.CH3.V/c1-2-3;;/h3H,2H2,1H3;1H3;/q;-1;+2/p-1/i1T;;. The Bertz CT molecular complexity index is 12.8. The predicted molar refractivity (Wildman–Crippen MR) is 24.3 cm³/mol. The van der Waals surface area contributed by atoms with Crippen LogP contribution >= 0.6 is 0 Å². The summed E-state index contributed by atoms with van der Waals surface area (Å²) in [6, 6.07) is 0. The maximum atomic E-state index is 6.35. The van der Waals surface area contributed by atoms with E-state index in [1.54, 1.807) is 0 Å². The van der Waals surface area contributed by atoms with Crippen LogP contribution in [0.4, 0.5) is 0 Å². The van der Waals surface area contributed by atoms with Gasteiger partial charge in [-0.15, -0.1) is 0 Å². The Morgan fingerprint density at radius 2 is 2.20 bits per heavy atom. The molecule has 0 aliphatic heterocycles. The van der Waals surface area contributed by atoms with Crippen molar-refractivity contribution in [3.8, 4) is 0 Å². The third kappa shape index (κ3) is 48.7. The van der Waals surface area contributed by atoms with E-state index >= 15 is 0 Å². The van der Waals surface area contributed by atoms with Crippen molar-refractivity contribution in [2.24, 2.45) is 0 Å². The topological polar surface area (TPSA) is 0 Å². The minimum absolute atomic E-state index is 0. The molecule has 0 saturated carbocycles. The Labute approximate surface area is 53.0 Å². The first kappa shape index (κ1) is 9.33. The molecule has 31 valence electrons. The first-order chi connectivity index (χ1) is 1.91. The monoisotopic (exact) mass is 129 g/mol. The first-order valence-corrected chi connectivity index (χ1v) is 1.37. The first-order valence-electron chi connectivity index (χ1n) is 1.50. The summed E-state index contributed by atoms with van der Waals surface area (Å²) in [7, 11) is 0. The molecule has 0 rings (SSSR count). The van der Waals surface area contributed by atoms with Crippen LogP contribution in [-0.2, 0) is 31.2 Å². The molecule has 0 aromatic carbocycles. The second-order valence-corrected chi connectivity index (χ2v) is 0.612. The molecule has 0 aliphatic rings. The van der Waals surface area contributed by atoms with Crippen LogP contribution in [0, 0.1) is 7.43 Å². The molecule has 0 heterocycles. The van der Waals surface area contributed by atoms with Crippen LogP contribution < -0.4 is 0 Å². The molecule has 1 radical (unpaired) electrons. The minimum atomic E-state index is 0. The smallest absolute Gasteiger partial charge is 0.793 e. The van der Waals surface area contributed by atoms with Crippen molar-refractivity contribution in [3.05, 3.63) is 7.43 Å². The van der Waals surface area contributed by atoms with Crippen molar-refractivity contribution < 1.29 is 19.9 Å². The van der Waals surface area contributed by atoms with Crippen molar-refractivity contribution in [2.45, 2.75) is 6.90 Å². The molecule has 0 N–H and O–H groups in total. The van der Waals surface area contributed by atoms with Gasteiger partial charge in [0.25, 0.3) is 0 Å². The van der Waals surface area contributed by atoms with Gasteiger partial charge in [-0.1, -0.05) is 6.90 Å². The Balaban J connectivity index is -0.0000000450. The fourth-order valence-corrected chi connectivity index (χ4v) is 0. The summed E-state index contributed by atoms with van der Waals surface area (Å²) >= 11 is 4.37. The molecule has 0 amide bonds. The van der Waals surface area contributed by atoms with E-state index in [9.17, 15) is 0 Å². The summed E-state index contributed by atoms with van der Waals surface area (Å²) in [6.45, 7) is 0.384. The average molecular weight is 129 g/mol. The molecule has 0 atom stereocenters. The van der Waals surface area contributed by atoms with E-state index in [-0.39, 0.29) is 26.0 Å². The maximum absolute atomic E-state index is 6.35. The summed E-state index contributed by atoms with van der Waals surface area (Å²) in [5, 5.41) is 0. The predicted octanol–water partition coefficient (Wildman–Crippen LogP) is 1.00. The second-order valence-electron chi connectivity index (χ2n) is 0.204. The minimum Gasteiger partial charge on any atom is -0.793 e. The fourth-order valence-electron chi connectivity index (χ4n) is 0. The molecule has 0 saturated heterocycles. The van der Waals surface area contributed by atoms with Crippen molar-refractivity contribution in [3.63, 3.8) is 0 Å². The van der Waals surface area contributed by atoms with Gasteiger partial charge in [-0.3, -0.25) is 0 Å². The molecule has 2 heteroatoms. The SMILES string of the molecule is [3H]CC[S-].[CH3-].[V+2]. The maximum Gasteiger partial charge on any atom is 2.00 e. The van der Waals surface area contributed by atoms with E-state index in [4.69, 9.17) is 1.37 Å². The Hall–Kier alpha value is 0.934. The Kier molecular flexibility index (Phi) is 38.1. The molecule has 0 bridgehead atoms. The molecule has 0 aromatic heterocycles. The van der Waals surface area contributed by atoms with Crippen LogP contribution in [0.1, 0.15) is 8.27 Å². The van der Waals surface area contributed by atoms with Gasteiger partial charge in [-0.2, -0.15) is 5.75 Å².